The molecule has 5 heteroatoms. The van der Waals surface area contributed by atoms with Gasteiger partial charge >= 0.3 is 0 Å². The van der Waals surface area contributed by atoms with E-state index in [2.05, 4.69) is 34.6 Å². The Balaban J connectivity index is 2.36. The minimum absolute atomic E-state index is 0.627. The zero-order valence-corrected chi connectivity index (χ0v) is 8.49. The number of nitrogens with one attached hydrogen (secondary N) is 1. The number of anilines is 1. The number of hydrogen-bond donors (Lipinski definition) is 1. The van der Waals surface area contributed by atoms with E-state index in [-0.39, 0.29) is 0 Å². The van der Waals surface area contributed by atoms with Gasteiger partial charge in [-0.3, -0.25) is 0 Å². The molecule has 1 atom stereocenters. The fourth-order valence-electron chi connectivity index (χ4n) is 0.858. The van der Waals surface area contributed by atoms with Crippen molar-refractivity contribution in [2.45, 2.75) is 33.7 Å². The van der Waals surface area contributed by atoms with Crippen LogP contribution in [-0.2, 0) is 6.54 Å². The topological polar surface area (TPSA) is 55.6 Å². The van der Waals surface area contributed by atoms with Gasteiger partial charge in [-0.25, -0.2) is 0 Å². The molecule has 0 saturated carbocycles. The van der Waals surface area contributed by atoms with Crippen LogP contribution in [0.3, 0.4) is 0 Å². The summed E-state index contributed by atoms with van der Waals surface area (Å²) in [5.41, 5.74) is 0. The van der Waals surface area contributed by atoms with Gasteiger partial charge in [-0.05, 0) is 18.1 Å². The lowest BCUT2D eigenvalue weighted by atomic mass is 10.1. The molecule has 74 valence electrons. The summed E-state index contributed by atoms with van der Waals surface area (Å²) in [7, 11) is 0. The van der Waals surface area contributed by atoms with E-state index < -0.39 is 0 Å². The molecule has 1 N–H and O–H groups in total. The summed E-state index contributed by atoms with van der Waals surface area (Å²) in [6.45, 7) is 8.02. The average molecular weight is 183 g/mol. The van der Waals surface area contributed by atoms with Crippen molar-refractivity contribution in [1.29, 1.82) is 0 Å². The van der Waals surface area contributed by atoms with E-state index in [4.69, 9.17) is 0 Å². The first kappa shape index (κ1) is 9.95. The second kappa shape index (κ2) is 4.79. The van der Waals surface area contributed by atoms with E-state index in [1.165, 1.54) is 0 Å². The van der Waals surface area contributed by atoms with Crippen LogP contribution in [0.25, 0.3) is 0 Å². The fraction of sp³-hybridized carbons (Fsp3) is 0.875. The zero-order chi connectivity index (χ0) is 9.68. The SMILES string of the molecule is CCC(C)CNc1nnn(CC)n1. The van der Waals surface area contributed by atoms with E-state index in [9.17, 15) is 0 Å². The lowest BCUT2D eigenvalue weighted by Crippen LogP contribution is -2.11. The smallest absolute Gasteiger partial charge is 0.263 e. The highest BCUT2D eigenvalue weighted by Crippen LogP contribution is 2.01. The molecule has 0 fully saturated rings. The molecule has 5 nitrogen and oxygen atoms in total. The molecule has 0 radical (unpaired) electrons. The van der Waals surface area contributed by atoms with Gasteiger partial charge in [0.2, 0.25) is 0 Å². The Morgan fingerprint density at radius 1 is 1.46 bits per heavy atom. The van der Waals surface area contributed by atoms with Gasteiger partial charge < -0.3 is 5.32 Å². The van der Waals surface area contributed by atoms with Crippen LogP contribution in [-0.4, -0.2) is 26.8 Å². The highest BCUT2D eigenvalue weighted by atomic mass is 15.6. The quantitative estimate of drug-likeness (QED) is 0.744. The maximum Gasteiger partial charge on any atom is 0.263 e. The molecule has 0 aliphatic carbocycles. The van der Waals surface area contributed by atoms with Crippen molar-refractivity contribution >= 4 is 5.95 Å². The Labute approximate surface area is 78.5 Å². The normalized spacial score (nSPS) is 12.8. The highest BCUT2D eigenvalue weighted by Gasteiger charge is 2.02. The van der Waals surface area contributed by atoms with Gasteiger partial charge in [0, 0.05) is 6.54 Å². The zero-order valence-electron chi connectivity index (χ0n) is 8.49. The number of tetrazole rings is 1. The predicted molar refractivity (Wildman–Crippen MR) is 51.4 cm³/mol. The lowest BCUT2D eigenvalue weighted by Gasteiger charge is -2.06. The van der Waals surface area contributed by atoms with Crippen LogP contribution in [0.4, 0.5) is 5.95 Å². The van der Waals surface area contributed by atoms with E-state index in [1.54, 1.807) is 4.80 Å². The highest BCUT2D eigenvalue weighted by molar-refractivity contribution is 5.18. The Kier molecular flexibility index (Phi) is 3.67. The van der Waals surface area contributed by atoms with E-state index in [0.717, 1.165) is 19.5 Å². The summed E-state index contributed by atoms with van der Waals surface area (Å²) in [4.78, 5) is 1.57. The molecule has 1 heterocycles. The monoisotopic (exact) mass is 183 g/mol. The number of nitrogens with zero attached hydrogens (tertiary/aromatic N) is 4. The molecule has 1 unspecified atom stereocenters. The van der Waals surface area contributed by atoms with Gasteiger partial charge in [0.25, 0.3) is 5.95 Å². The molecule has 1 aromatic rings. The molecular weight excluding hydrogens is 166 g/mol. The van der Waals surface area contributed by atoms with Crippen LogP contribution < -0.4 is 5.32 Å². The minimum Gasteiger partial charge on any atom is -0.351 e. The Morgan fingerprint density at radius 3 is 2.77 bits per heavy atom. The molecule has 0 amide bonds. The Morgan fingerprint density at radius 2 is 2.23 bits per heavy atom. The van der Waals surface area contributed by atoms with Crippen molar-refractivity contribution in [1.82, 2.24) is 20.2 Å². The van der Waals surface area contributed by atoms with Crippen molar-refractivity contribution < 1.29 is 0 Å². The van der Waals surface area contributed by atoms with Crippen molar-refractivity contribution in [3.63, 3.8) is 0 Å². The molecule has 0 aliphatic heterocycles. The first-order valence-corrected chi connectivity index (χ1v) is 4.78. The first-order chi connectivity index (χ1) is 6.26. The molecule has 13 heavy (non-hydrogen) atoms. The summed E-state index contributed by atoms with van der Waals surface area (Å²) in [6, 6.07) is 0. The molecule has 0 aliphatic rings. The average Bonchev–Trinajstić information content (AvgIpc) is 2.61. The van der Waals surface area contributed by atoms with Crippen LogP contribution in [0, 0.1) is 5.92 Å². The van der Waals surface area contributed by atoms with E-state index in [1.807, 2.05) is 6.92 Å². The molecule has 0 spiro atoms. The molecule has 0 bridgehead atoms. The second-order valence-electron chi connectivity index (χ2n) is 3.20. The number of hydrogen-bond acceptors (Lipinski definition) is 4. The van der Waals surface area contributed by atoms with Gasteiger partial charge in [0.15, 0.2) is 0 Å². The third kappa shape index (κ3) is 3.01. The van der Waals surface area contributed by atoms with E-state index in [0.29, 0.717) is 11.9 Å². The first-order valence-electron chi connectivity index (χ1n) is 4.78. The number of aryl methyl sites for hydroxylation is 1. The van der Waals surface area contributed by atoms with Crippen LogP contribution in [0.1, 0.15) is 27.2 Å². The maximum atomic E-state index is 4.12. The molecule has 0 aromatic carbocycles. The third-order valence-corrected chi connectivity index (χ3v) is 2.04. The molecule has 0 saturated heterocycles. The predicted octanol–water partition coefficient (Wildman–Crippen LogP) is 1.15. The standard InChI is InChI=1S/C8H17N5/c1-4-7(3)6-9-8-10-12-13(5-2)11-8/h7H,4-6H2,1-3H3,(H,9,11). The van der Waals surface area contributed by atoms with Gasteiger partial charge in [0.1, 0.15) is 0 Å². The van der Waals surface area contributed by atoms with E-state index >= 15 is 0 Å². The van der Waals surface area contributed by atoms with Gasteiger partial charge in [-0.2, -0.15) is 4.80 Å². The van der Waals surface area contributed by atoms with Crippen LogP contribution in [0.5, 0.6) is 0 Å². The summed E-state index contributed by atoms with van der Waals surface area (Å²) < 4.78 is 0. The van der Waals surface area contributed by atoms with Crippen LogP contribution in [0.2, 0.25) is 0 Å². The summed E-state index contributed by atoms with van der Waals surface area (Å²) in [5, 5.41) is 15.0. The van der Waals surface area contributed by atoms with Crippen molar-refractivity contribution in [2.24, 2.45) is 5.92 Å². The second-order valence-corrected chi connectivity index (χ2v) is 3.20. The summed E-state index contributed by atoms with van der Waals surface area (Å²) in [5.74, 6) is 1.27. The molecule has 1 rings (SSSR count). The van der Waals surface area contributed by atoms with Crippen LogP contribution in [0.15, 0.2) is 0 Å². The number of rotatable bonds is 5. The fourth-order valence-corrected chi connectivity index (χ4v) is 0.858. The van der Waals surface area contributed by atoms with Gasteiger partial charge in [0.05, 0.1) is 6.54 Å². The number of aromatic nitrogens is 4. The van der Waals surface area contributed by atoms with Crippen molar-refractivity contribution in [2.75, 3.05) is 11.9 Å². The largest absolute Gasteiger partial charge is 0.351 e. The van der Waals surface area contributed by atoms with Gasteiger partial charge in [-0.15, -0.1) is 5.10 Å². The molecular formula is C8H17N5. The lowest BCUT2D eigenvalue weighted by molar-refractivity contribution is 0.551. The molecule has 1 aromatic heterocycles. The summed E-state index contributed by atoms with van der Waals surface area (Å²) in [6.07, 6.45) is 1.16. The van der Waals surface area contributed by atoms with Crippen molar-refractivity contribution in [3.05, 3.63) is 0 Å². The third-order valence-electron chi connectivity index (χ3n) is 2.04. The Bertz CT molecular complexity index is 244. The van der Waals surface area contributed by atoms with Crippen molar-refractivity contribution in [3.8, 4) is 0 Å². The van der Waals surface area contributed by atoms with Gasteiger partial charge in [-0.1, -0.05) is 25.4 Å². The minimum atomic E-state index is 0.627. The maximum absolute atomic E-state index is 4.12. The summed E-state index contributed by atoms with van der Waals surface area (Å²) >= 11 is 0. The van der Waals surface area contributed by atoms with Crippen LogP contribution >= 0.6 is 0 Å². The Hall–Kier alpha value is -1.13.